The number of ether oxygens (including phenoxy) is 1. The van der Waals surface area contributed by atoms with Crippen LogP contribution in [-0.4, -0.2) is 38.6 Å². The molecule has 0 bridgehead atoms. The zero-order chi connectivity index (χ0) is 17.3. The molecule has 2 heterocycles. The van der Waals surface area contributed by atoms with Crippen LogP contribution in [0, 0.1) is 6.92 Å². The number of benzene rings is 1. The molecule has 0 aliphatic heterocycles. The third-order valence-corrected chi connectivity index (χ3v) is 3.50. The van der Waals surface area contributed by atoms with Crippen LogP contribution in [0.25, 0.3) is 5.78 Å². The number of nitrogens with one attached hydrogen (secondary N) is 1. The summed E-state index contributed by atoms with van der Waals surface area (Å²) in [6.07, 6.45) is 1.58. The number of nitrogens with zero attached hydrogens (tertiary/aromatic N) is 4. The summed E-state index contributed by atoms with van der Waals surface area (Å²) < 4.78 is 6.14. The van der Waals surface area contributed by atoms with Gasteiger partial charge in [-0.05, 0) is 31.2 Å². The van der Waals surface area contributed by atoms with Crippen LogP contribution in [0.15, 0.2) is 30.5 Å². The summed E-state index contributed by atoms with van der Waals surface area (Å²) in [5.74, 6) is -0.957. The number of fused-ring (bicyclic) bond motifs is 1. The summed E-state index contributed by atoms with van der Waals surface area (Å²) in [6.45, 7) is 1.82. The van der Waals surface area contributed by atoms with Gasteiger partial charge in [-0.2, -0.15) is 4.98 Å². The zero-order valence-electron chi connectivity index (χ0n) is 12.8. The van der Waals surface area contributed by atoms with Crippen LogP contribution in [0.1, 0.15) is 26.7 Å². The lowest BCUT2D eigenvalue weighted by Crippen LogP contribution is -2.17. The van der Waals surface area contributed by atoms with Gasteiger partial charge in [0.2, 0.25) is 5.82 Å². The smallest absolute Gasteiger partial charge is 0.339 e. The standard InChI is InChI=1S/C15H12ClN5O3/c1-8-5-6-17-15-19-12(20-21(8)15)13(22)18-11-7-9(16)3-4-10(11)14(23)24-2/h3-7H,1-2H3,(H,18,22). The van der Waals surface area contributed by atoms with Crippen molar-refractivity contribution in [2.24, 2.45) is 0 Å². The molecule has 3 aromatic rings. The molecule has 0 saturated carbocycles. The molecule has 0 radical (unpaired) electrons. The van der Waals surface area contributed by atoms with E-state index >= 15 is 0 Å². The molecule has 3 rings (SSSR count). The highest BCUT2D eigenvalue weighted by atomic mass is 35.5. The van der Waals surface area contributed by atoms with Crippen LogP contribution in [0.5, 0.6) is 0 Å². The molecule has 0 saturated heterocycles. The van der Waals surface area contributed by atoms with Gasteiger partial charge in [-0.25, -0.2) is 14.3 Å². The molecule has 0 fully saturated rings. The average Bonchev–Trinajstić information content (AvgIpc) is 3.00. The SMILES string of the molecule is COC(=O)c1ccc(Cl)cc1NC(=O)c1nc2nccc(C)n2n1. The minimum absolute atomic E-state index is 0.0763. The molecule has 122 valence electrons. The molecule has 1 amide bonds. The Labute approximate surface area is 141 Å². The van der Waals surface area contributed by atoms with E-state index in [1.807, 2.05) is 6.92 Å². The second-order valence-electron chi connectivity index (χ2n) is 4.87. The van der Waals surface area contributed by atoms with Crippen LogP contribution in [0.3, 0.4) is 0 Å². The fourth-order valence-corrected chi connectivity index (χ4v) is 2.26. The fraction of sp³-hybridized carbons (Fsp3) is 0.133. The quantitative estimate of drug-likeness (QED) is 0.730. The third kappa shape index (κ3) is 2.91. The largest absolute Gasteiger partial charge is 0.465 e. The number of aryl methyl sites for hydroxylation is 1. The number of carbonyl (C=O) groups is 2. The maximum atomic E-state index is 12.4. The van der Waals surface area contributed by atoms with Crippen LogP contribution >= 0.6 is 11.6 Å². The monoisotopic (exact) mass is 345 g/mol. The highest BCUT2D eigenvalue weighted by Crippen LogP contribution is 2.22. The molecule has 0 aliphatic carbocycles. The first kappa shape index (κ1) is 15.9. The van der Waals surface area contributed by atoms with Crippen molar-refractivity contribution in [1.82, 2.24) is 19.6 Å². The minimum Gasteiger partial charge on any atom is -0.465 e. The minimum atomic E-state index is -0.595. The Hall–Kier alpha value is -3.00. The predicted molar refractivity (Wildman–Crippen MR) is 86.3 cm³/mol. The molecule has 8 nitrogen and oxygen atoms in total. The number of carbonyl (C=O) groups excluding carboxylic acids is 2. The Kier molecular flexibility index (Phi) is 4.13. The van der Waals surface area contributed by atoms with Gasteiger partial charge in [0.15, 0.2) is 0 Å². The van der Waals surface area contributed by atoms with E-state index in [9.17, 15) is 9.59 Å². The number of rotatable bonds is 3. The lowest BCUT2D eigenvalue weighted by molar-refractivity contribution is 0.0602. The summed E-state index contributed by atoms with van der Waals surface area (Å²) >= 11 is 5.93. The van der Waals surface area contributed by atoms with Crippen molar-refractivity contribution in [2.75, 3.05) is 12.4 Å². The van der Waals surface area contributed by atoms with E-state index in [2.05, 4.69) is 25.1 Å². The second kappa shape index (κ2) is 6.25. The lowest BCUT2D eigenvalue weighted by atomic mass is 10.2. The van der Waals surface area contributed by atoms with Crippen LogP contribution < -0.4 is 5.32 Å². The van der Waals surface area contributed by atoms with E-state index in [-0.39, 0.29) is 17.1 Å². The van der Waals surface area contributed by atoms with Crippen molar-refractivity contribution in [3.8, 4) is 0 Å². The van der Waals surface area contributed by atoms with E-state index in [4.69, 9.17) is 11.6 Å². The Bertz CT molecular complexity index is 953. The van der Waals surface area contributed by atoms with Gasteiger partial charge in [0.25, 0.3) is 11.7 Å². The van der Waals surface area contributed by atoms with Crippen molar-refractivity contribution in [3.05, 3.63) is 52.6 Å². The van der Waals surface area contributed by atoms with E-state index in [0.717, 1.165) is 5.69 Å². The van der Waals surface area contributed by atoms with E-state index in [1.54, 1.807) is 12.3 Å². The summed E-state index contributed by atoms with van der Waals surface area (Å²) in [5, 5.41) is 7.04. The van der Waals surface area contributed by atoms with Gasteiger partial charge < -0.3 is 10.1 Å². The van der Waals surface area contributed by atoms with Crippen molar-refractivity contribution >= 4 is 34.9 Å². The van der Waals surface area contributed by atoms with Crippen molar-refractivity contribution in [2.45, 2.75) is 6.92 Å². The maximum Gasteiger partial charge on any atom is 0.339 e. The number of hydrogen-bond donors (Lipinski definition) is 1. The first-order valence-corrected chi connectivity index (χ1v) is 7.25. The van der Waals surface area contributed by atoms with E-state index in [0.29, 0.717) is 10.8 Å². The van der Waals surface area contributed by atoms with Crippen LogP contribution in [0.2, 0.25) is 5.02 Å². The Morgan fingerprint density at radius 3 is 2.79 bits per heavy atom. The highest BCUT2D eigenvalue weighted by Gasteiger charge is 2.19. The lowest BCUT2D eigenvalue weighted by Gasteiger charge is -2.08. The molecule has 0 atom stereocenters. The number of anilines is 1. The maximum absolute atomic E-state index is 12.4. The molecule has 2 aromatic heterocycles. The first-order valence-electron chi connectivity index (χ1n) is 6.87. The molecule has 0 spiro atoms. The number of amides is 1. The van der Waals surface area contributed by atoms with Crippen LogP contribution in [0.4, 0.5) is 5.69 Å². The third-order valence-electron chi connectivity index (χ3n) is 3.27. The topological polar surface area (TPSA) is 98.5 Å². The summed E-state index contributed by atoms with van der Waals surface area (Å²) in [6, 6.07) is 6.19. The summed E-state index contributed by atoms with van der Waals surface area (Å²) in [5.41, 5.74) is 1.17. The second-order valence-corrected chi connectivity index (χ2v) is 5.31. The van der Waals surface area contributed by atoms with E-state index < -0.39 is 11.9 Å². The van der Waals surface area contributed by atoms with Crippen molar-refractivity contribution in [3.63, 3.8) is 0 Å². The highest BCUT2D eigenvalue weighted by molar-refractivity contribution is 6.31. The Balaban J connectivity index is 1.95. The van der Waals surface area contributed by atoms with Gasteiger partial charge in [0, 0.05) is 16.9 Å². The van der Waals surface area contributed by atoms with Gasteiger partial charge in [0.05, 0.1) is 18.4 Å². The normalized spacial score (nSPS) is 10.6. The molecular weight excluding hydrogens is 334 g/mol. The molecule has 9 heteroatoms. The molecule has 0 unspecified atom stereocenters. The number of hydrogen-bond acceptors (Lipinski definition) is 6. The molecule has 1 N–H and O–H groups in total. The van der Waals surface area contributed by atoms with Crippen molar-refractivity contribution < 1.29 is 14.3 Å². The van der Waals surface area contributed by atoms with Gasteiger partial charge in [-0.15, -0.1) is 5.10 Å². The Morgan fingerprint density at radius 2 is 2.08 bits per heavy atom. The molecule has 1 aromatic carbocycles. The fourth-order valence-electron chi connectivity index (χ4n) is 2.09. The van der Waals surface area contributed by atoms with Gasteiger partial charge in [0.1, 0.15) is 0 Å². The summed E-state index contributed by atoms with van der Waals surface area (Å²) in [4.78, 5) is 32.3. The van der Waals surface area contributed by atoms with Gasteiger partial charge in [-0.3, -0.25) is 4.79 Å². The number of methoxy groups -OCH3 is 1. The predicted octanol–water partition coefficient (Wildman–Crippen LogP) is 2.13. The molecule has 0 aliphatic rings. The number of halogens is 1. The van der Waals surface area contributed by atoms with Crippen molar-refractivity contribution in [1.29, 1.82) is 0 Å². The first-order chi connectivity index (χ1) is 11.5. The molecule has 24 heavy (non-hydrogen) atoms. The van der Waals surface area contributed by atoms with Gasteiger partial charge in [-0.1, -0.05) is 11.6 Å². The number of esters is 1. The Morgan fingerprint density at radius 1 is 1.29 bits per heavy atom. The van der Waals surface area contributed by atoms with Crippen LogP contribution in [-0.2, 0) is 4.74 Å². The zero-order valence-corrected chi connectivity index (χ0v) is 13.5. The van der Waals surface area contributed by atoms with Gasteiger partial charge >= 0.3 is 5.97 Å². The summed E-state index contributed by atoms with van der Waals surface area (Å²) in [7, 11) is 1.25. The average molecular weight is 346 g/mol. The van der Waals surface area contributed by atoms with E-state index in [1.165, 1.54) is 29.8 Å². The molecular formula is C15H12ClN5O3. The number of aromatic nitrogens is 4.